The van der Waals surface area contributed by atoms with Crippen LogP contribution in [0.1, 0.15) is 11.7 Å². The zero-order valence-electron chi connectivity index (χ0n) is 19.2. The normalized spacial score (nSPS) is 11.0. The van der Waals surface area contributed by atoms with E-state index >= 15 is 0 Å². The van der Waals surface area contributed by atoms with Gasteiger partial charge in [0.05, 0.1) is 18.4 Å². The van der Waals surface area contributed by atoms with Crippen molar-refractivity contribution in [3.8, 4) is 39.8 Å². The Kier molecular flexibility index (Phi) is 6.44. The van der Waals surface area contributed by atoms with Crippen LogP contribution in [0, 0.1) is 6.92 Å². The maximum absolute atomic E-state index is 5.98. The molecule has 0 aliphatic rings. The number of hydrogen-bond acceptors (Lipinski definition) is 9. The average molecular weight is 487 g/mol. The minimum absolute atomic E-state index is 0.362. The number of aromatic nitrogens is 6. The molecule has 0 aliphatic carbocycles. The highest BCUT2D eigenvalue weighted by atomic mass is 32.2. The van der Waals surface area contributed by atoms with Gasteiger partial charge in [0.2, 0.25) is 5.89 Å². The number of allylic oxidation sites excluding steroid dienone is 1. The van der Waals surface area contributed by atoms with Crippen molar-refractivity contribution in [1.29, 1.82) is 0 Å². The molecule has 10 heteroatoms. The van der Waals surface area contributed by atoms with Crippen LogP contribution >= 0.6 is 11.8 Å². The number of benzene rings is 2. The summed E-state index contributed by atoms with van der Waals surface area (Å²) in [5.41, 5.74) is 3.12. The van der Waals surface area contributed by atoms with Crippen LogP contribution < -0.4 is 4.74 Å². The molecule has 2 aromatic carbocycles. The zero-order chi connectivity index (χ0) is 24.2. The van der Waals surface area contributed by atoms with Crippen molar-refractivity contribution < 1.29 is 13.7 Å². The summed E-state index contributed by atoms with van der Waals surface area (Å²) < 4.78 is 18.9. The predicted molar refractivity (Wildman–Crippen MR) is 132 cm³/mol. The average Bonchev–Trinajstić information content (AvgIpc) is 3.62. The molecular formula is C25H22N6O3S. The van der Waals surface area contributed by atoms with E-state index in [4.69, 9.17) is 13.7 Å². The summed E-state index contributed by atoms with van der Waals surface area (Å²) in [7, 11) is 1.64. The van der Waals surface area contributed by atoms with Crippen LogP contribution in [-0.4, -0.2) is 37.2 Å². The Morgan fingerprint density at radius 3 is 2.63 bits per heavy atom. The first-order chi connectivity index (χ1) is 17.2. The highest BCUT2D eigenvalue weighted by Crippen LogP contribution is 2.35. The van der Waals surface area contributed by atoms with E-state index in [0.717, 1.165) is 16.9 Å². The Balaban J connectivity index is 1.39. The van der Waals surface area contributed by atoms with Crippen LogP contribution in [0.5, 0.6) is 5.75 Å². The van der Waals surface area contributed by atoms with E-state index in [-0.39, 0.29) is 0 Å². The molecule has 5 aromatic rings. The molecule has 0 saturated carbocycles. The first kappa shape index (κ1) is 22.6. The maximum atomic E-state index is 5.98. The SMILES string of the molecule is C=CCn1c(SCc2nnc(-c3c(-c4ccccc4)noc3C)o2)nnc1-c1ccccc1OC. The number of methoxy groups -OCH3 is 1. The lowest BCUT2D eigenvalue weighted by Gasteiger charge is -2.10. The molecule has 9 nitrogen and oxygen atoms in total. The van der Waals surface area contributed by atoms with Gasteiger partial charge >= 0.3 is 0 Å². The van der Waals surface area contributed by atoms with Crippen LogP contribution in [0.4, 0.5) is 0 Å². The van der Waals surface area contributed by atoms with E-state index in [9.17, 15) is 0 Å². The summed E-state index contributed by atoms with van der Waals surface area (Å²) in [5.74, 6) is 3.26. The van der Waals surface area contributed by atoms with Crippen LogP contribution in [0.2, 0.25) is 0 Å². The smallest absolute Gasteiger partial charge is 0.253 e. The number of hydrogen-bond donors (Lipinski definition) is 0. The lowest BCUT2D eigenvalue weighted by molar-refractivity contribution is 0.399. The molecule has 0 N–H and O–H groups in total. The molecule has 0 aliphatic heterocycles. The zero-order valence-corrected chi connectivity index (χ0v) is 20.0. The van der Waals surface area contributed by atoms with Gasteiger partial charge in [-0.2, -0.15) is 0 Å². The number of ether oxygens (including phenoxy) is 1. The van der Waals surface area contributed by atoms with Crippen molar-refractivity contribution in [3.05, 3.63) is 78.9 Å². The largest absolute Gasteiger partial charge is 0.496 e. The Labute approximate surface area is 205 Å². The minimum Gasteiger partial charge on any atom is -0.496 e. The standard InChI is InChI=1S/C25H22N6O3S/c1-4-14-31-23(18-12-8-9-13-19(18)32-3)27-29-25(31)35-15-20-26-28-24(33-20)21-16(2)34-30-22(21)17-10-6-5-7-11-17/h4-13H,1,14-15H2,2-3H3. The molecule has 0 saturated heterocycles. The first-order valence-electron chi connectivity index (χ1n) is 10.8. The fourth-order valence-corrected chi connectivity index (χ4v) is 4.46. The number of aryl methyl sites for hydroxylation is 1. The van der Waals surface area contributed by atoms with Crippen molar-refractivity contribution in [1.82, 2.24) is 30.1 Å². The monoisotopic (exact) mass is 486 g/mol. The third kappa shape index (κ3) is 4.47. The van der Waals surface area contributed by atoms with Gasteiger partial charge in [-0.15, -0.1) is 27.0 Å². The van der Waals surface area contributed by atoms with E-state index < -0.39 is 0 Å². The van der Waals surface area contributed by atoms with Crippen molar-refractivity contribution in [2.75, 3.05) is 7.11 Å². The molecule has 3 heterocycles. The first-order valence-corrected chi connectivity index (χ1v) is 11.8. The molecule has 0 atom stereocenters. The molecular weight excluding hydrogens is 464 g/mol. The lowest BCUT2D eigenvalue weighted by atomic mass is 10.1. The summed E-state index contributed by atoms with van der Waals surface area (Å²) in [6.45, 7) is 6.24. The molecule has 3 aromatic heterocycles. The van der Waals surface area contributed by atoms with E-state index in [1.165, 1.54) is 11.8 Å². The number of thioether (sulfide) groups is 1. The topological polar surface area (TPSA) is 105 Å². The predicted octanol–water partition coefficient (Wildman–Crippen LogP) is 5.45. The van der Waals surface area contributed by atoms with Crippen molar-refractivity contribution in [2.24, 2.45) is 0 Å². The van der Waals surface area contributed by atoms with Crippen molar-refractivity contribution >= 4 is 11.8 Å². The second-order valence-corrected chi connectivity index (χ2v) is 8.47. The molecule has 0 radical (unpaired) electrons. The van der Waals surface area contributed by atoms with E-state index in [0.29, 0.717) is 52.1 Å². The summed E-state index contributed by atoms with van der Waals surface area (Å²) in [5, 5.41) is 22.2. The number of nitrogens with zero attached hydrogens (tertiary/aromatic N) is 6. The summed E-state index contributed by atoms with van der Waals surface area (Å²) >= 11 is 1.45. The Bertz CT molecular complexity index is 1460. The Morgan fingerprint density at radius 2 is 1.83 bits per heavy atom. The quantitative estimate of drug-likeness (QED) is 0.199. The third-order valence-electron chi connectivity index (χ3n) is 5.29. The molecule has 0 unspecified atom stereocenters. The summed E-state index contributed by atoms with van der Waals surface area (Å²) in [6.07, 6.45) is 1.80. The lowest BCUT2D eigenvalue weighted by Crippen LogP contribution is -2.01. The maximum Gasteiger partial charge on any atom is 0.253 e. The van der Waals surface area contributed by atoms with Gasteiger partial charge in [-0.3, -0.25) is 4.57 Å². The molecule has 0 amide bonds. The molecule has 5 rings (SSSR count). The van der Waals surface area contributed by atoms with E-state index in [1.54, 1.807) is 13.2 Å². The van der Waals surface area contributed by atoms with Gasteiger partial charge in [-0.05, 0) is 19.1 Å². The highest BCUT2D eigenvalue weighted by Gasteiger charge is 2.23. The van der Waals surface area contributed by atoms with Gasteiger partial charge in [0.15, 0.2) is 11.0 Å². The van der Waals surface area contributed by atoms with Crippen molar-refractivity contribution in [2.45, 2.75) is 24.4 Å². The van der Waals surface area contributed by atoms with Crippen molar-refractivity contribution in [3.63, 3.8) is 0 Å². The number of rotatable bonds is 9. The van der Waals surface area contributed by atoms with E-state index in [2.05, 4.69) is 32.1 Å². The molecule has 35 heavy (non-hydrogen) atoms. The van der Waals surface area contributed by atoms with Crippen LogP contribution in [0.25, 0.3) is 34.1 Å². The Morgan fingerprint density at radius 1 is 1.03 bits per heavy atom. The summed E-state index contributed by atoms with van der Waals surface area (Å²) in [4.78, 5) is 0. The van der Waals surface area contributed by atoms with Crippen LogP contribution in [0.15, 0.2) is 81.3 Å². The van der Waals surface area contributed by atoms with Gasteiger partial charge in [0.25, 0.3) is 5.89 Å². The van der Waals surface area contributed by atoms with Crippen LogP contribution in [0.3, 0.4) is 0 Å². The van der Waals surface area contributed by atoms with Gasteiger partial charge in [0.1, 0.15) is 22.8 Å². The molecule has 176 valence electrons. The van der Waals surface area contributed by atoms with Crippen LogP contribution in [-0.2, 0) is 12.3 Å². The Hall–Kier alpha value is -4.18. The molecule has 0 bridgehead atoms. The molecule has 0 fully saturated rings. The minimum atomic E-state index is 0.362. The van der Waals surface area contributed by atoms with Gasteiger partial charge < -0.3 is 13.7 Å². The fraction of sp³-hybridized carbons (Fsp3) is 0.160. The highest BCUT2D eigenvalue weighted by molar-refractivity contribution is 7.98. The second-order valence-electron chi connectivity index (χ2n) is 7.52. The van der Waals surface area contributed by atoms with E-state index in [1.807, 2.05) is 66.1 Å². The number of para-hydroxylation sites is 1. The van der Waals surface area contributed by atoms with Gasteiger partial charge in [-0.25, -0.2) is 0 Å². The summed E-state index contributed by atoms with van der Waals surface area (Å²) in [6, 6.07) is 17.4. The van der Waals surface area contributed by atoms with Gasteiger partial charge in [-0.1, -0.05) is 65.5 Å². The fourth-order valence-electron chi connectivity index (χ4n) is 3.67. The van der Waals surface area contributed by atoms with Gasteiger partial charge in [0, 0.05) is 12.1 Å². The second kappa shape index (κ2) is 9.98. The molecule has 0 spiro atoms. The third-order valence-corrected chi connectivity index (χ3v) is 6.24.